The van der Waals surface area contributed by atoms with Crippen molar-refractivity contribution in [3.63, 3.8) is 0 Å². The number of hydrogen-bond donors (Lipinski definition) is 3. The van der Waals surface area contributed by atoms with Crippen LogP contribution in [0.15, 0.2) is 73.4 Å². The van der Waals surface area contributed by atoms with Crippen LogP contribution in [0.4, 0.5) is 0 Å². The highest BCUT2D eigenvalue weighted by Crippen LogP contribution is 2.26. The molecule has 7 heteroatoms. The summed E-state index contributed by atoms with van der Waals surface area (Å²) in [7, 11) is 1.88. The molecule has 3 atom stereocenters. The first-order chi connectivity index (χ1) is 17.3. The standard InChI is InChI=1S/C29H35N3O4/c1-5-11-22(29(35)31-36)23(16-19(2)3)28(34)30-25(17-20-12-7-6-8-13-20)27(33)24-18-32(4)26-15-10-9-14-21(24)26/h5-10,12-15,18-19,22-23,25,36H,1,11,16-17H2,2-4H3,(H,30,34)(H,31,35)/t22-,23+,25-/m0/s1. The summed E-state index contributed by atoms with van der Waals surface area (Å²) >= 11 is 0. The number of aryl methyl sites for hydroxylation is 1. The highest BCUT2D eigenvalue weighted by molar-refractivity contribution is 6.11. The zero-order chi connectivity index (χ0) is 26.2. The van der Waals surface area contributed by atoms with Gasteiger partial charge < -0.3 is 9.88 Å². The molecule has 0 unspecified atom stereocenters. The summed E-state index contributed by atoms with van der Waals surface area (Å²) in [4.78, 5) is 40.0. The van der Waals surface area contributed by atoms with Crippen LogP contribution in [0.25, 0.3) is 10.9 Å². The molecule has 7 nitrogen and oxygen atoms in total. The number of benzene rings is 2. The monoisotopic (exact) mass is 489 g/mol. The molecule has 0 fully saturated rings. The molecule has 0 saturated carbocycles. The van der Waals surface area contributed by atoms with Gasteiger partial charge in [0.25, 0.3) is 0 Å². The summed E-state index contributed by atoms with van der Waals surface area (Å²) in [6.07, 6.45) is 4.29. The lowest BCUT2D eigenvalue weighted by atomic mass is 9.81. The molecule has 1 aromatic heterocycles. The Kier molecular flexibility index (Phi) is 9.19. The number of aromatic nitrogens is 1. The summed E-state index contributed by atoms with van der Waals surface area (Å²) in [5, 5.41) is 13.1. The molecule has 36 heavy (non-hydrogen) atoms. The van der Waals surface area contributed by atoms with E-state index in [1.807, 2.05) is 80.1 Å². The highest BCUT2D eigenvalue weighted by atomic mass is 16.5. The molecule has 2 aromatic carbocycles. The predicted molar refractivity (Wildman–Crippen MR) is 141 cm³/mol. The number of rotatable bonds is 12. The van der Waals surface area contributed by atoms with E-state index in [9.17, 15) is 19.6 Å². The number of para-hydroxylation sites is 1. The zero-order valence-corrected chi connectivity index (χ0v) is 21.1. The third-order valence-corrected chi connectivity index (χ3v) is 6.49. The molecule has 3 N–H and O–H groups in total. The number of Topliss-reactive ketones (excluding diaryl/α,β-unsaturated/α-hetero) is 1. The lowest BCUT2D eigenvalue weighted by Crippen LogP contribution is -2.48. The van der Waals surface area contributed by atoms with E-state index < -0.39 is 29.7 Å². The lowest BCUT2D eigenvalue weighted by Gasteiger charge is -2.28. The summed E-state index contributed by atoms with van der Waals surface area (Å²) in [5.74, 6) is -2.67. The molecule has 2 amide bonds. The number of carbonyl (C=O) groups is 3. The Morgan fingerprint density at radius 3 is 2.31 bits per heavy atom. The first-order valence-corrected chi connectivity index (χ1v) is 12.2. The van der Waals surface area contributed by atoms with Gasteiger partial charge in [-0.3, -0.25) is 19.6 Å². The molecule has 190 valence electrons. The number of carbonyl (C=O) groups excluding carboxylic acids is 3. The van der Waals surface area contributed by atoms with Crippen molar-refractivity contribution in [1.82, 2.24) is 15.4 Å². The van der Waals surface area contributed by atoms with Gasteiger partial charge in [-0.25, -0.2) is 5.48 Å². The quantitative estimate of drug-likeness (QED) is 0.151. The first-order valence-electron chi connectivity index (χ1n) is 12.2. The van der Waals surface area contributed by atoms with Crippen LogP contribution >= 0.6 is 0 Å². The number of amides is 2. The Hall–Kier alpha value is -3.71. The van der Waals surface area contributed by atoms with Crippen molar-refractivity contribution < 1.29 is 19.6 Å². The van der Waals surface area contributed by atoms with Gasteiger partial charge in [0.2, 0.25) is 11.8 Å². The largest absolute Gasteiger partial charge is 0.350 e. The van der Waals surface area contributed by atoms with E-state index in [4.69, 9.17) is 0 Å². The number of nitrogens with one attached hydrogen (secondary N) is 2. The predicted octanol–water partition coefficient (Wildman–Crippen LogP) is 4.45. The number of fused-ring (bicyclic) bond motifs is 1. The van der Waals surface area contributed by atoms with Crippen LogP contribution in [-0.2, 0) is 23.1 Å². The average Bonchev–Trinajstić information content (AvgIpc) is 3.21. The first kappa shape index (κ1) is 26.9. The van der Waals surface area contributed by atoms with Gasteiger partial charge in [-0.1, -0.05) is 68.5 Å². The van der Waals surface area contributed by atoms with Crippen molar-refractivity contribution in [2.45, 2.75) is 39.2 Å². The van der Waals surface area contributed by atoms with E-state index in [-0.39, 0.29) is 18.1 Å². The highest BCUT2D eigenvalue weighted by Gasteiger charge is 2.35. The van der Waals surface area contributed by atoms with Crippen LogP contribution < -0.4 is 10.8 Å². The number of hydroxylamine groups is 1. The average molecular weight is 490 g/mol. The van der Waals surface area contributed by atoms with E-state index in [0.717, 1.165) is 16.5 Å². The maximum atomic E-state index is 13.9. The van der Waals surface area contributed by atoms with Gasteiger partial charge in [0.15, 0.2) is 5.78 Å². The Balaban J connectivity index is 1.98. The molecule has 3 aromatic rings. The number of nitrogens with zero attached hydrogens (tertiary/aromatic N) is 1. The van der Waals surface area contributed by atoms with Crippen molar-refractivity contribution in [2.24, 2.45) is 24.8 Å². The second-order valence-electron chi connectivity index (χ2n) is 9.63. The zero-order valence-electron chi connectivity index (χ0n) is 21.1. The SMILES string of the molecule is C=CC[C@H](C(=O)NO)[C@@H](CC(C)C)C(=O)N[C@@H](Cc1ccccc1)C(=O)c1cn(C)c2ccccc12. The van der Waals surface area contributed by atoms with E-state index >= 15 is 0 Å². The molecular weight excluding hydrogens is 454 g/mol. The van der Waals surface area contributed by atoms with Crippen molar-refractivity contribution in [2.75, 3.05) is 0 Å². The Bertz CT molecular complexity index is 1220. The van der Waals surface area contributed by atoms with Crippen molar-refractivity contribution in [1.29, 1.82) is 0 Å². The van der Waals surface area contributed by atoms with Crippen molar-refractivity contribution >= 4 is 28.5 Å². The maximum Gasteiger partial charge on any atom is 0.247 e. The van der Waals surface area contributed by atoms with E-state index in [1.54, 1.807) is 17.8 Å². The molecule has 0 radical (unpaired) electrons. The minimum Gasteiger partial charge on any atom is -0.350 e. The molecule has 1 heterocycles. The number of allylic oxidation sites excluding steroid dienone is 1. The minimum atomic E-state index is -0.832. The van der Waals surface area contributed by atoms with Crippen molar-refractivity contribution in [3.8, 4) is 0 Å². The van der Waals surface area contributed by atoms with Gasteiger partial charge in [-0.05, 0) is 30.4 Å². The second kappa shape index (κ2) is 12.3. The van der Waals surface area contributed by atoms with Crippen LogP contribution in [0, 0.1) is 17.8 Å². The summed E-state index contributed by atoms with van der Waals surface area (Å²) in [6, 6.07) is 16.3. The lowest BCUT2D eigenvalue weighted by molar-refractivity contribution is -0.140. The van der Waals surface area contributed by atoms with Crippen LogP contribution in [0.5, 0.6) is 0 Å². The molecule has 0 aliphatic heterocycles. The molecule has 0 spiro atoms. The third-order valence-electron chi connectivity index (χ3n) is 6.49. The van der Waals surface area contributed by atoms with E-state index in [1.165, 1.54) is 0 Å². The Labute approximate surface area is 212 Å². The van der Waals surface area contributed by atoms with Gasteiger partial charge in [-0.15, -0.1) is 6.58 Å². The van der Waals surface area contributed by atoms with Crippen LogP contribution in [0.3, 0.4) is 0 Å². The third kappa shape index (κ3) is 6.29. The molecule has 3 rings (SSSR count). The van der Waals surface area contributed by atoms with Crippen LogP contribution in [0.2, 0.25) is 0 Å². The van der Waals surface area contributed by atoms with Gasteiger partial charge >= 0.3 is 0 Å². The smallest absolute Gasteiger partial charge is 0.247 e. The molecule has 0 saturated heterocycles. The fraction of sp³-hybridized carbons (Fsp3) is 0.345. The topological polar surface area (TPSA) is 100 Å². The maximum absolute atomic E-state index is 13.9. The molecular formula is C29H35N3O4. The summed E-state index contributed by atoms with van der Waals surface area (Å²) in [5.41, 5.74) is 4.05. The van der Waals surface area contributed by atoms with Gasteiger partial charge in [-0.2, -0.15) is 0 Å². The van der Waals surface area contributed by atoms with E-state index in [0.29, 0.717) is 18.4 Å². The molecule has 0 bridgehead atoms. The van der Waals surface area contributed by atoms with Gasteiger partial charge in [0, 0.05) is 36.1 Å². The molecule has 0 aliphatic carbocycles. The fourth-order valence-corrected chi connectivity index (χ4v) is 4.74. The normalized spacial score (nSPS) is 13.7. The van der Waals surface area contributed by atoms with Crippen molar-refractivity contribution in [3.05, 3.63) is 84.6 Å². The van der Waals surface area contributed by atoms with E-state index in [2.05, 4.69) is 11.9 Å². The summed E-state index contributed by atoms with van der Waals surface area (Å²) in [6.45, 7) is 7.63. The minimum absolute atomic E-state index is 0.112. The van der Waals surface area contributed by atoms with Gasteiger partial charge in [0.1, 0.15) is 0 Å². The molecule has 0 aliphatic rings. The van der Waals surface area contributed by atoms with Gasteiger partial charge in [0.05, 0.1) is 17.9 Å². The Morgan fingerprint density at radius 1 is 1.00 bits per heavy atom. The number of hydrogen-bond acceptors (Lipinski definition) is 4. The number of ketones is 1. The fourth-order valence-electron chi connectivity index (χ4n) is 4.74. The van der Waals surface area contributed by atoms with Crippen LogP contribution in [-0.4, -0.2) is 33.4 Å². The van der Waals surface area contributed by atoms with Crippen LogP contribution in [0.1, 0.15) is 42.6 Å². The Morgan fingerprint density at radius 2 is 1.67 bits per heavy atom. The second-order valence-corrected chi connectivity index (χ2v) is 9.63. The summed E-state index contributed by atoms with van der Waals surface area (Å²) < 4.78 is 1.90.